The number of carboxylic acids is 1. The predicted octanol–water partition coefficient (Wildman–Crippen LogP) is 4.69. The van der Waals surface area contributed by atoms with Gasteiger partial charge in [0.05, 0.1) is 37.0 Å². The molecule has 0 radical (unpaired) electrons. The van der Waals surface area contributed by atoms with Gasteiger partial charge in [-0.15, -0.1) is 11.3 Å². The molecule has 2 atom stereocenters. The van der Waals surface area contributed by atoms with Gasteiger partial charge in [-0.3, -0.25) is 9.69 Å². The van der Waals surface area contributed by atoms with E-state index in [4.69, 9.17) is 19.2 Å². The Balaban J connectivity index is 1.18. The molecule has 6 rings (SSSR count). The van der Waals surface area contributed by atoms with E-state index in [-0.39, 0.29) is 6.10 Å². The van der Waals surface area contributed by atoms with Gasteiger partial charge in [0.2, 0.25) is 0 Å². The third-order valence-corrected chi connectivity index (χ3v) is 9.67. The number of para-hydroxylation sites is 1. The number of hydrogen-bond donors (Lipinski definition) is 1. The number of aliphatic carboxylic acids is 1. The van der Waals surface area contributed by atoms with Crippen molar-refractivity contribution in [2.75, 3.05) is 44.9 Å². The van der Waals surface area contributed by atoms with Crippen LogP contribution in [0.15, 0.2) is 35.7 Å². The number of rotatable bonds is 8. The third-order valence-electron chi connectivity index (χ3n) is 8.77. The van der Waals surface area contributed by atoms with Crippen molar-refractivity contribution in [3.8, 4) is 17.0 Å². The van der Waals surface area contributed by atoms with E-state index in [1.54, 1.807) is 18.4 Å². The molecule has 3 aliphatic heterocycles. The summed E-state index contributed by atoms with van der Waals surface area (Å²) in [6, 6.07) is 11.2. The fourth-order valence-electron chi connectivity index (χ4n) is 6.15. The molecule has 1 aromatic heterocycles. The van der Waals surface area contributed by atoms with Crippen LogP contribution in [0.2, 0.25) is 0 Å². The molecule has 3 aliphatic rings. The molecule has 0 aliphatic carbocycles. The molecule has 0 bridgehead atoms. The molecule has 0 amide bonds. The number of piperidine rings is 1. The molecule has 2 saturated heterocycles. The minimum Gasteiger partial charge on any atom is -0.488 e. The van der Waals surface area contributed by atoms with Gasteiger partial charge < -0.3 is 24.2 Å². The number of aromatic nitrogens is 1. The maximum atomic E-state index is 11.6. The van der Waals surface area contributed by atoms with Crippen LogP contribution in [0.3, 0.4) is 0 Å². The molecule has 2 fully saturated rings. The molecule has 1 N–H and O–H groups in total. The normalized spacial score (nSPS) is 21.6. The second-order valence-electron chi connectivity index (χ2n) is 11.1. The quantitative estimate of drug-likeness (QED) is 0.423. The van der Waals surface area contributed by atoms with Crippen molar-refractivity contribution >= 4 is 22.4 Å². The monoisotopic (exact) mass is 563 g/mol. The molecule has 0 unspecified atom stereocenters. The number of aryl methyl sites for hydroxylation is 1. The van der Waals surface area contributed by atoms with Crippen molar-refractivity contribution in [2.45, 2.75) is 52.0 Å². The van der Waals surface area contributed by atoms with Crippen LogP contribution in [0.1, 0.15) is 34.2 Å². The molecule has 212 valence electrons. The summed E-state index contributed by atoms with van der Waals surface area (Å²) in [4.78, 5) is 21.2. The van der Waals surface area contributed by atoms with Gasteiger partial charge in [0, 0.05) is 44.2 Å². The third kappa shape index (κ3) is 5.23. The SMILES string of the molecule is CO[C@H]1CN(c2nc(-c3cccc(C)c3OCc3ccc4c(c3C)CCN(C3COC3)C4)cs2)CC[C@H]1C(=O)O. The van der Waals surface area contributed by atoms with Crippen molar-refractivity contribution in [2.24, 2.45) is 5.92 Å². The smallest absolute Gasteiger partial charge is 0.309 e. The van der Waals surface area contributed by atoms with Crippen molar-refractivity contribution < 1.29 is 24.1 Å². The zero-order valence-electron chi connectivity index (χ0n) is 23.4. The van der Waals surface area contributed by atoms with Gasteiger partial charge in [-0.25, -0.2) is 4.98 Å². The van der Waals surface area contributed by atoms with Gasteiger partial charge in [0.15, 0.2) is 5.13 Å². The van der Waals surface area contributed by atoms with Crippen LogP contribution in [0.4, 0.5) is 5.13 Å². The van der Waals surface area contributed by atoms with Gasteiger partial charge in [-0.2, -0.15) is 0 Å². The van der Waals surface area contributed by atoms with Crippen molar-refractivity contribution in [1.82, 2.24) is 9.88 Å². The number of benzene rings is 2. The largest absolute Gasteiger partial charge is 0.488 e. The Morgan fingerprint density at radius 2 is 2.05 bits per heavy atom. The standard InChI is InChI=1S/C31H37N3O5S/c1-19-5-4-6-25(27-18-40-31(32-27)34-12-10-26(30(35)36)28(14-34)37-3)29(19)39-15-22-8-7-21-13-33(23-16-38-17-23)11-9-24(21)20(22)2/h4-8,18,23,26,28H,9-17H2,1-3H3,(H,35,36)/t26-,28+/m1/s1. The summed E-state index contributed by atoms with van der Waals surface area (Å²) in [5.41, 5.74) is 8.37. The molecule has 2 aromatic carbocycles. The number of carboxylic acid groups (broad SMARTS) is 1. The van der Waals surface area contributed by atoms with Crippen LogP contribution in [0.25, 0.3) is 11.3 Å². The summed E-state index contributed by atoms with van der Waals surface area (Å²) in [5, 5.41) is 12.5. The van der Waals surface area contributed by atoms with Crippen LogP contribution < -0.4 is 9.64 Å². The Labute approximate surface area is 239 Å². The van der Waals surface area contributed by atoms with Gasteiger partial charge >= 0.3 is 5.97 Å². The zero-order chi connectivity index (χ0) is 27.8. The topological polar surface area (TPSA) is 84.4 Å². The van der Waals surface area contributed by atoms with E-state index in [0.717, 1.165) is 60.4 Å². The van der Waals surface area contributed by atoms with Gasteiger partial charge in [-0.1, -0.05) is 24.3 Å². The summed E-state index contributed by atoms with van der Waals surface area (Å²) >= 11 is 1.57. The van der Waals surface area contributed by atoms with Crippen molar-refractivity contribution in [1.29, 1.82) is 0 Å². The summed E-state index contributed by atoms with van der Waals surface area (Å²) in [5.74, 6) is -0.430. The number of fused-ring (bicyclic) bond motifs is 1. The first-order valence-corrected chi connectivity index (χ1v) is 14.9. The second-order valence-corrected chi connectivity index (χ2v) is 11.9. The number of ether oxygens (including phenoxy) is 3. The fraction of sp³-hybridized carbons (Fsp3) is 0.484. The number of nitrogens with zero attached hydrogens (tertiary/aromatic N) is 3. The number of thiazole rings is 1. The Bertz CT molecular complexity index is 1390. The lowest BCUT2D eigenvalue weighted by Gasteiger charge is -2.40. The second kappa shape index (κ2) is 11.5. The van der Waals surface area contributed by atoms with E-state index in [0.29, 0.717) is 32.2 Å². The highest BCUT2D eigenvalue weighted by atomic mass is 32.1. The highest BCUT2D eigenvalue weighted by Crippen LogP contribution is 2.37. The van der Waals surface area contributed by atoms with E-state index < -0.39 is 11.9 Å². The van der Waals surface area contributed by atoms with E-state index >= 15 is 0 Å². The number of hydrogen-bond acceptors (Lipinski definition) is 8. The summed E-state index contributed by atoms with van der Waals surface area (Å²) in [7, 11) is 1.58. The van der Waals surface area contributed by atoms with E-state index in [1.165, 1.54) is 22.3 Å². The lowest BCUT2D eigenvalue weighted by Crippen LogP contribution is -2.50. The summed E-state index contributed by atoms with van der Waals surface area (Å²) < 4.78 is 17.5. The molecule has 0 spiro atoms. The maximum absolute atomic E-state index is 11.6. The zero-order valence-corrected chi connectivity index (χ0v) is 24.2. The van der Waals surface area contributed by atoms with Crippen molar-refractivity contribution in [3.63, 3.8) is 0 Å². The van der Waals surface area contributed by atoms with Crippen LogP contribution in [0, 0.1) is 19.8 Å². The maximum Gasteiger partial charge on any atom is 0.309 e. The minimum atomic E-state index is -0.798. The van der Waals surface area contributed by atoms with Gasteiger partial charge in [-0.05, 0) is 60.6 Å². The number of methoxy groups -OCH3 is 1. The lowest BCUT2D eigenvalue weighted by molar-refractivity contribution is -0.147. The van der Waals surface area contributed by atoms with Crippen LogP contribution in [0.5, 0.6) is 5.75 Å². The molecule has 8 nitrogen and oxygen atoms in total. The van der Waals surface area contributed by atoms with Crippen LogP contribution in [-0.4, -0.2) is 73.1 Å². The molecule has 0 saturated carbocycles. The first-order chi connectivity index (χ1) is 19.4. The molecule has 3 aromatic rings. The molecule has 4 heterocycles. The van der Waals surface area contributed by atoms with Gasteiger partial charge in [0.25, 0.3) is 0 Å². The Kier molecular flexibility index (Phi) is 7.81. The highest BCUT2D eigenvalue weighted by Gasteiger charge is 2.35. The number of carbonyl (C=O) groups is 1. The van der Waals surface area contributed by atoms with E-state index in [2.05, 4.69) is 53.3 Å². The average molecular weight is 564 g/mol. The minimum absolute atomic E-state index is 0.355. The van der Waals surface area contributed by atoms with Crippen LogP contribution >= 0.6 is 11.3 Å². The lowest BCUT2D eigenvalue weighted by atomic mass is 9.91. The first kappa shape index (κ1) is 27.2. The van der Waals surface area contributed by atoms with Gasteiger partial charge in [0.1, 0.15) is 12.4 Å². The molecule has 9 heteroatoms. The van der Waals surface area contributed by atoms with E-state index in [1.807, 2.05) is 6.07 Å². The summed E-state index contributed by atoms with van der Waals surface area (Å²) in [6.07, 6.45) is 1.25. The Morgan fingerprint density at radius 1 is 1.20 bits per heavy atom. The fourth-order valence-corrected chi connectivity index (χ4v) is 7.02. The summed E-state index contributed by atoms with van der Waals surface area (Å²) in [6.45, 7) is 9.76. The average Bonchev–Trinajstić information content (AvgIpc) is 3.42. The molecule has 40 heavy (non-hydrogen) atoms. The van der Waals surface area contributed by atoms with Crippen LogP contribution in [-0.2, 0) is 33.8 Å². The number of anilines is 1. The van der Waals surface area contributed by atoms with Crippen molar-refractivity contribution in [3.05, 3.63) is 63.5 Å². The Morgan fingerprint density at radius 3 is 2.80 bits per heavy atom. The first-order valence-electron chi connectivity index (χ1n) is 14.0. The Hall–Kier alpha value is -2.98. The molecular formula is C31H37N3O5S. The highest BCUT2D eigenvalue weighted by molar-refractivity contribution is 7.14. The molecular weight excluding hydrogens is 526 g/mol. The predicted molar refractivity (Wildman–Crippen MR) is 155 cm³/mol. The van der Waals surface area contributed by atoms with E-state index in [9.17, 15) is 9.90 Å².